The Kier molecular flexibility index (Phi) is 11.0. The third-order valence-corrected chi connectivity index (χ3v) is 6.78. The molecule has 3 aromatic rings. The van der Waals surface area contributed by atoms with Crippen LogP contribution >= 0.6 is 0 Å². The maximum atomic E-state index is 13.1. The van der Waals surface area contributed by atoms with E-state index in [-0.39, 0.29) is 5.97 Å². The second kappa shape index (κ2) is 14.4. The summed E-state index contributed by atoms with van der Waals surface area (Å²) in [5.41, 5.74) is 6.22. The Hall–Kier alpha value is -3.39. The smallest absolute Gasteiger partial charge is 0.339 e. The number of ether oxygens (including phenoxy) is 1. The molecule has 0 amide bonds. The molecule has 0 unspecified atom stereocenters. The van der Waals surface area contributed by atoms with E-state index in [0.29, 0.717) is 12.2 Å². The molecular weight excluding hydrogens is 452 g/mol. The van der Waals surface area contributed by atoms with E-state index < -0.39 is 0 Å². The molecule has 2 nitrogen and oxygen atoms in total. The molecule has 0 aliphatic heterocycles. The van der Waals surface area contributed by atoms with Crippen LogP contribution in [0.2, 0.25) is 0 Å². The number of hydrogen-bond acceptors (Lipinski definition) is 2. The van der Waals surface area contributed by atoms with Crippen LogP contribution in [0.15, 0.2) is 101 Å². The lowest BCUT2D eigenvalue weighted by Gasteiger charge is -2.11. The normalized spacial score (nSPS) is 12.7. The van der Waals surface area contributed by atoms with Crippen molar-refractivity contribution in [2.45, 2.75) is 73.1 Å². The molecule has 2 heteroatoms. The summed E-state index contributed by atoms with van der Waals surface area (Å²) < 4.78 is 5.72. The number of carbonyl (C=O) groups is 1. The highest BCUT2D eigenvalue weighted by Gasteiger charge is 2.15. The van der Waals surface area contributed by atoms with Gasteiger partial charge in [-0.15, -0.1) is 0 Å². The van der Waals surface area contributed by atoms with Gasteiger partial charge < -0.3 is 4.74 Å². The van der Waals surface area contributed by atoms with Gasteiger partial charge in [0, 0.05) is 0 Å². The highest BCUT2D eigenvalue weighted by molar-refractivity contribution is 6.16. The lowest BCUT2D eigenvalue weighted by Crippen LogP contribution is -2.07. The zero-order valence-corrected chi connectivity index (χ0v) is 23.3. The molecule has 194 valence electrons. The molecule has 0 aliphatic rings. The molecule has 37 heavy (non-hydrogen) atoms. The van der Waals surface area contributed by atoms with Crippen molar-refractivity contribution in [3.63, 3.8) is 0 Å². The first-order valence-electron chi connectivity index (χ1n) is 13.5. The Balaban J connectivity index is 1.49. The Morgan fingerprint density at radius 1 is 0.649 bits per heavy atom. The zero-order valence-electron chi connectivity index (χ0n) is 23.3. The summed E-state index contributed by atoms with van der Waals surface area (Å²) in [7, 11) is 0. The van der Waals surface area contributed by atoms with Gasteiger partial charge in [0.05, 0.1) is 5.56 Å². The summed E-state index contributed by atoms with van der Waals surface area (Å²) in [6, 6.07) is 18.1. The molecule has 0 heterocycles. The van der Waals surface area contributed by atoms with Crippen molar-refractivity contribution < 1.29 is 9.53 Å². The van der Waals surface area contributed by atoms with E-state index in [9.17, 15) is 4.79 Å². The number of hydrogen-bond donors (Lipinski definition) is 0. The van der Waals surface area contributed by atoms with E-state index in [0.717, 1.165) is 60.1 Å². The Morgan fingerprint density at radius 2 is 1.11 bits per heavy atom. The number of carbonyl (C=O) groups excluding carboxylic acids is 1. The van der Waals surface area contributed by atoms with E-state index in [1.165, 1.54) is 22.3 Å². The molecule has 0 saturated carbocycles. The molecular formula is C35H42O2. The van der Waals surface area contributed by atoms with Gasteiger partial charge in [-0.3, -0.25) is 0 Å². The number of rotatable bonds is 12. The first-order valence-corrected chi connectivity index (χ1v) is 13.5. The largest absolute Gasteiger partial charge is 0.458 e. The van der Waals surface area contributed by atoms with Crippen molar-refractivity contribution in [1.82, 2.24) is 0 Å². The Labute approximate surface area is 223 Å². The molecule has 0 atom stereocenters. The molecule has 3 rings (SSSR count). The van der Waals surface area contributed by atoms with Crippen LogP contribution in [0.4, 0.5) is 0 Å². The summed E-state index contributed by atoms with van der Waals surface area (Å²) >= 11 is 0. The molecule has 0 spiro atoms. The third-order valence-electron chi connectivity index (χ3n) is 6.78. The lowest BCUT2D eigenvalue weighted by molar-refractivity contribution is 0.0553. The average Bonchev–Trinajstić information content (AvgIpc) is 2.87. The van der Waals surface area contributed by atoms with Gasteiger partial charge in [-0.1, -0.05) is 89.1 Å². The molecule has 0 aliphatic carbocycles. The van der Waals surface area contributed by atoms with Gasteiger partial charge in [-0.05, 0) is 107 Å². The zero-order chi connectivity index (χ0) is 26.6. The summed E-state index contributed by atoms with van der Waals surface area (Å²) in [6.07, 6.45) is 15.6. The number of benzene rings is 3. The van der Waals surface area contributed by atoms with Gasteiger partial charge in [-0.25, -0.2) is 4.79 Å². The first-order chi connectivity index (χ1) is 17.8. The number of allylic oxidation sites excluding steroid dienone is 7. The monoisotopic (exact) mass is 494 g/mol. The fraction of sp³-hybridized carbons (Fsp3) is 0.343. The van der Waals surface area contributed by atoms with Crippen LogP contribution in [0.1, 0.15) is 83.5 Å². The minimum atomic E-state index is -0.267. The van der Waals surface area contributed by atoms with Crippen LogP contribution < -0.4 is 0 Å². The Morgan fingerprint density at radius 3 is 1.62 bits per heavy atom. The molecule has 0 bridgehead atoms. The fourth-order valence-electron chi connectivity index (χ4n) is 4.55. The molecule has 0 radical (unpaired) electrons. The van der Waals surface area contributed by atoms with Gasteiger partial charge in [0.15, 0.2) is 0 Å². The minimum absolute atomic E-state index is 0.267. The lowest BCUT2D eigenvalue weighted by atomic mass is 9.97. The van der Waals surface area contributed by atoms with Crippen LogP contribution in [0, 0.1) is 0 Å². The number of esters is 1. The molecule has 3 aromatic carbocycles. The van der Waals surface area contributed by atoms with Crippen molar-refractivity contribution in [1.29, 1.82) is 0 Å². The highest BCUT2D eigenvalue weighted by Crippen LogP contribution is 2.29. The maximum Gasteiger partial charge on any atom is 0.339 e. The van der Waals surface area contributed by atoms with Crippen LogP contribution in [-0.4, -0.2) is 12.6 Å². The molecule has 0 aromatic heterocycles. The van der Waals surface area contributed by atoms with Crippen molar-refractivity contribution in [3.8, 4) is 0 Å². The van der Waals surface area contributed by atoms with E-state index in [4.69, 9.17) is 4.74 Å². The first kappa shape index (κ1) is 28.2. The summed E-state index contributed by atoms with van der Waals surface area (Å²) in [6.45, 7) is 11.2. The summed E-state index contributed by atoms with van der Waals surface area (Å²) in [5, 5.41) is 3.98. The topological polar surface area (TPSA) is 26.3 Å². The minimum Gasteiger partial charge on any atom is -0.458 e. The van der Waals surface area contributed by atoms with E-state index in [1.807, 2.05) is 54.6 Å². The van der Waals surface area contributed by atoms with Crippen molar-refractivity contribution in [3.05, 3.63) is 107 Å². The van der Waals surface area contributed by atoms with Crippen LogP contribution in [0.3, 0.4) is 0 Å². The van der Waals surface area contributed by atoms with E-state index in [1.54, 1.807) is 0 Å². The fourth-order valence-corrected chi connectivity index (χ4v) is 4.55. The summed E-state index contributed by atoms with van der Waals surface area (Å²) in [5.74, 6) is -0.267. The predicted octanol–water partition coefficient (Wildman–Crippen LogP) is 10.3. The predicted molar refractivity (Wildman–Crippen MR) is 160 cm³/mol. The highest BCUT2D eigenvalue weighted by atomic mass is 16.5. The number of fused-ring (bicyclic) bond motifs is 2. The van der Waals surface area contributed by atoms with Crippen LogP contribution in [0.5, 0.6) is 0 Å². The van der Waals surface area contributed by atoms with Crippen LogP contribution in [0.25, 0.3) is 21.5 Å². The average molecular weight is 495 g/mol. The standard InChI is InChI=1S/C35H42O2/c1-26(2)13-10-14-27(3)15-11-16-28(4)17-12-18-29(5)23-24-37-35(36)34-32-21-8-6-19-30(32)25-31-20-7-9-22-33(31)34/h6-9,13,15,17,19-23,25H,10-12,14,16,18,24H2,1-5H3/b27-15+,28-17?,29-23+. The van der Waals surface area contributed by atoms with Gasteiger partial charge in [-0.2, -0.15) is 0 Å². The van der Waals surface area contributed by atoms with Crippen molar-refractivity contribution in [2.24, 2.45) is 0 Å². The van der Waals surface area contributed by atoms with Gasteiger partial charge >= 0.3 is 5.97 Å². The van der Waals surface area contributed by atoms with Crippen molar-refractivity contribution in [2.75, 3.05) is 6.61 Å². The van der Waals surface area contributed by atoms with Crippen LogP contribution in [-0.2, 0) is 4.74 Å². The van der Waals surface area contributed by atoms with Gasteiger partial charge in [0.25, 0.3) is 0 Å². The van der Waals surface area contributed by atoms with Gasteiger partial charge in [0.2, 0.25) is 0 Å². The molecule has 0 fully saturated rings. The van der Waals surface area contributed by atoms with Gasteiger partial charge in [0.1, 0.15) is 6.61 Å². The Bertz CT molecular complexity index is 1280. The second-order valence-corrected chi connectivity index (χ2v) is 10.3. The summed E-state index contributed by atoms with van der Waals surface area (Å²) in [4.78, 5) is 13.1. The second-order valence-electron chi connectivity index (χ2n) is 10.3. The van der Waals surface area contributed by atoms with E-state index >= 15 is 0 Å². The van der Waals surface area contributed by atoms with E-state index in [2.05, 4.69) is 58.9 Å². The quantitative estimate of drug-likeness (QED) is 0.142. The van der Waals surface area contributed by atoms with Crippen molar-refractivity contribution >= 4 is 27.5 Å². The third kappa shape index (κ3) is 8.89. The SMILES string of the molecule is CC(C)=CCC/C(C)=C/CCC(C)=CCC/C(C)=C/COC(=O)c1c2ccccc2cc2ccccc12. The maximum absolute atomic E-state index is 13.1. The molecule has 0 saturated heterocycles. The molecule has 0 N–H and O–H groups in total.